The van der Waals surface area contributed by atoms with Crippen molar-refractivity contribution in [2.75, 3.05) is 20.2 Å². The van der Waals surface area contributed by atoms with Gasteiger partial charge in [-0.2, -0.15) is 0 Å². The van der Waals surface area contributed by atoms with Crippen LogP contribution in [0, 0.1) is 0 Å². The summed E-state index contributed by atoms with van der Waals surface area (Å²) in [5.41, 5.74) is 7.81. The Labute approximate surface area is 208 Å². The zero-order valence-electron chi connectivity index (χ0n) is 18.2. The van der Waals surface area contributed by atoms with Crippen LogP contribution in [0.3, 0.4) is 0 Å². The molecule has 0 atom stereocenters. The van der Waals surface area contributed by atoms with Gasteiger partial charge in [0.2, 0.25) is 0 Å². The quantitative estimate of drug-likeness (QED) is 0.353. The molecule has 33 heavy (non-hydrogen) atoms. The van der Waals surface area contributed by atoms with E-state index in [1.807, 2.05) is 30.3 Å². The van der Waals surface area contributed by atoms with Crippen LogP contribution in [-0.4, -0.2) is 31.0 Å². The molecule has 0 aliphatic heterocycles. The largest absolute Gasteiger partial charge is 0.493 e. The molecule has 1 amide bonds. The normalized spacial score (nSPS) is 10.7. The van der Waals surface area contributed by atoms with E-state index < -0.39 is 0 Å². The van der Waals surface area contributed by atoms with Crippen LogP contribution in [0.2, 0.25) is 15.1 Å². The Kier molecular flexibility index (Phi) is 9.27. The fourth-order valence-electron chi connectivity index (χ4n) is 3.29. The highest BCUT2D eigenvalue weighted by Crippen LogP contribution is 2.32. The van der Waals surface area contributed by atoms with Gasteiger partial charge in [-0.3, -0.25) is 4.79 Å². The molecule has 3 rings (SSSR count). The first-order chi connectivity index (χ1) is 15.9. The Balaban J connectivity index is 1.82. The summed E-state index contributed by atoms with van der Waals surface area (Å²) >= 11 is 18.7. The Morgan fingerprint density at radius 2 is 1.67 bits per heavy atom. The predicted octanol–water partition coefficient (Wildman–Crippen LogP) is 6.23. The zero-order valence-corrected chi connectivity index (χ0v) is 20.5. The minimum atomic E-state index is -0.196. The number of methoxy groups -OCH3 is 1. The molecular formula is C25H25Cl3N2O3. The third-order valence-corrected chi connectivity index (χ3v) is 5.91. The fraction of sp³-hybridized carbons (Fsp3) is 0.240. The molecule has 0 radical (unpaired) electrons. The molecule has 2 N–H and O–H groups in total. The van der Waals surface area contributed by atoms with Crippen molar-refractivity contribution in [3.05, 3.63) is 92.4 Å². The highest BCUT2D eigenvalue weighted by Gasteiger charge is 2.21. The summed E-state index contributed by atoms with van der Waals surface area (Å²) in [5, 5.41) is 1.24. The molecule has 3 aromatic rings. The number of hydrogen-bond donors (Lipinski definition) is 1. The van der Waals surface area contributed by atoms with Crippen molar-refractivity contribution in [1.82, 2.24) is 4.90 Å². The van der Waals surface area contributed by atoms with Gasteiger partial charge in [-0.25, -0.2) is 0 Å². The Morgan fingerprint density at radius 3 is 2.30 bits per heavy atom. The van der Waals surface area contributed by atoms with Crippen LogP contribution in [0.25, 0.3) is 0 Å². The van der Waals surface area contributed by atoms with Crippen LogP contribution >= 0.6 is 34.8 Å². The van der Waals surface area contributed by atoms with Gasteiger partial charge in [0.15, 0.2) is 11.5 Å². The smallest absolute Gasteiger partial charge is 0.254 e. The lowest BCUT2D eigenvalue weighted by atomic mass is 10.1. The lowest BCUT2D eigenvalue weighted by Crippen LogP contribution is -2.32. The van der Waals surface area contributed by atoms with Gasteiger partial charge < -0.3 is 20.1 Å². The number of halogens is 3. The molecule has 0 aliphatic carbocycles. The molecule has 3 aromatic carbocycles. The number of carbonyl (C=O) groups excluding carboxylic acids is 1. The van der Waals surface area contributed by atoms with Crippen LogP contribution in [0.1, 0.15) is 27.9 Å². The molecule has 0 saturated carbocycles. The third-order valence-electron chi connectivity index (χ3n) is 5.02. The highest BCUT2D eigenvalue weighted by atomic mass is 35.5. The second kappa shape index (κ2) is 12.1. The molecule has 0 spiro atoms. The summed E-state index contributed by atoms with van der Waals surface area (Å²) in [5.74, 6) is 0.826. The van der Waals surface area contributed by atoms with Crippen molar-refractivity contribution >= 4 is 40.7 Å². The minimum Gasteiger partial charge on any atom is -0.493 e. The van der Waals surface area contributed by atoms with E-state index in [0.29, 0.717) is 63.8 Å². The Bertz CT molecular complexity index is 1070. The summed E-state index contributed by atoms with van der Waals surface area (Å²) in [6, 6.07) is 18.1. The van der Waals surface area contributed by atoms with Gasteiger partial charge in [0.1, 0.15) is 6.61 Å². The lowest BCUT2D eigenvalue weighted by Gasteiger charge is -2.24. The van der Waals surface area contributed by atoms with Crippen LogP contribution in [0.15, 0.2) is 60.7 Å². The predicted molar refractivity (Wildman–Crippen MR) is 134 cm³/mol. The van der Waals surface area contributed by atoms with Crippen LogP contribution in [-0.2, 0) is 13.2 Å². The summed E-state index contributed by atoms with van der Waals surface area (Å²) in [4.78, 5) is 15.0. The van der Waals surface area contributed by atoms with Gasteiger partial charge in [0.25, 0.3) is 5.91 Å². The first-order valence-electron chi connectivity index (χ1n) is 10.4. The molecule has 0 unspecified atom stereocenters. The van der Waals surface area contributed by atoms with Crippen LogP contribution in [0.5, 0.6) is 11.5 Å². The van der Waals surface area contributed by atoms with Crippen molar-refractivity contribution in [2.45, 2.75) is 19.6 Å². The van der Waals surface area contributed by atoms with E-state index in [2.05, 4.69) is 0 Å². The van der Waals surface area contributed by atoms with Crippen molar-refractivity contribution in [1.29, 1.82) is 0 Å². The van der Waals surface area contributed by atoms with Crippen LogP contribution in [0.4, 0.5) is 0 Å². The summed E-state index contributed by atoms with van der Waals surface area (Å²) in [7, 11) is 1.54. The second-order valence-corrected chi connectivity index (χ2v) is 8.61. The van der Waals surface area contributed by atoms with E-state index >= 15 is 0 Å². The molecule has 174 valence electrons. The van der Waals surface area contributed by atoms with Crippen LogP contribution < -0.4 is 15.2 Å². The number of carbonyl (C=O) groups is 1. The maximum absolute atomic E-state index is 13.4. The molecule has 0 heterocycles. The monoisotopic (exact) mass is 506 g/mol. The molecule has 0 aromatic heterocycles. The number of amides is 1. The van der Waals surface area contributed by atoms with E-state index in [1.165, 1.54) is 0 Å². The van der Waals surface area contributed by atoms with Gasteiger partial charge in [-0.1, -0.05) is 65.1 Å². The maximum atomic E-state index is 13.4. The molecule has 0 bridgehead atoms. The van der Waals surface area contributed by atoms with Gasteiger partial charge in [0, 0.05) is 39.3 Å². The van der Waals surface area contributed by atoms with Gasteiger partial charge >= 0.3 is 0 Å². The minimum absolute atomic E-state index is 0.196. The summed E-state index contributed by atoms with van der Waals surface area (Å²) < 4.78 is 11.4. The van der Waals surface area contributed by atoms with Crippen molar-refractivity contribution in [3.63, 3.8) is 0 Å². The fourth-order valence-corrected chi connectivity index (χ4v) is 4.22. The number of benzene rings is 3. The summed E-state index contributed by atoms with van der Waals surface area (Å²) in [6.07, 6.45) is 0.629. The van der Waals surface area contributed by atoms with Crippen molar-refractivity contribution in [3.8, 4) is 11.5 Å². The number of nitrogens with zero attached hydrogens (tertiary/aromatic N) is 1. The average Bonchev–Trinajstić information content (AvgIpc) is 2.82. The van der Waals surface area contributed by atoms with Crippen molar-refractivity contribution in [2.24, 2.45) is 5.73 Å². The SMILES string of the molecule is COc1cc(C(=O)N(CCCN)Cc2c(Cl)cc(Cl)cc2Cl)ccc1OCc1ccccc1. The standard InChI is InChI=1S/C25H25Cl3N2O3/c1-32-24-12-18(8-9-23(24)33-16-17-6-3-2-4-7-17)25(31)30(11-5-10-29)15-20-21(27)13-19(26)14-22(20)28/h2-4,6-9,12-14H,5,10-11,15-16,29H2,1H3. The second-order valence-electron chi connectivity index (χ2n) is 7.36. The zero-order chi connectivity index (χ0) is 23.8. The van der Waals surface area contributed by atoms with Gasteiger partial charge in [-0.15, -0.1) is 0 Å². The van der Waals surface area contributed by atoms with Crippen molar-refractivity contribution < 1.29 is 14.3 Å². The number of hydrogen-bond acceptors (Lipinski definition) is 4. The number of ether oxygens (including phenoxy) is 2. The molecule has 0 fully saturated rings. The first kappa shape index (κ1) is 25.2. The first-order valence-corrected chi connectivity index (χ1v) is 11.5. The van der Waals surface area contributed by atoms with E-state index in [9.17, 15) is 4.79 Å². The highest BCUT2D eigenvalue weighted by molar-refractivity contribution is 6.39. The van der Waals surface area contributed by atoms with Gasteiger partial charge in [-0.05, 0) is 48.9 Å². The molecular weight excluding hydrogens is 483 g/mol. The van der Waals surface area contributed by atoms with E-state index in [0.717, 1.165) is 5.56 Å². The van der Waals surface area contributed by atoms with E-state index in [4.69, 9.17) is 50.0 Å². The maximum Gasteiger partial charge on any atom is 0.254 e. The molecule has 0 aliphatic rings. The molecule has 8 heteroatoms. The van der Waals surface area contributed by atoms with Gasteiger partial charge in [0.05, 0.1) is 7.11 Å². The van der Waals surface area contributed by atoms with E-state index in [1.54, 1.807) is 42.3 Å². The third kappa shape index (κ3) is 6.78. The Morgan fingerprint density at radius 1 is 0.970 bits per heavy atom. The average molecular weight is 508 g/mol. The number of rotatable bonds is 10. The topological polar surface area (TPSA) is 64.8 Å². The Hall–Kier alpha value is -2.44. The molecule has 0 saturated heterocycles. The lowest BCUT2D eigenvalue weighted by molar-refractivity contribution is 0.0742. The van der Waals surface area contributed by atoms with E-state index in [-0.39, 0.29) is 12.5 Å². The molecule has 5 nitrogen and oxygen atoms in total. The summed E-state index contributed by atoms with van der Waals surface area (Å²) in [6.45, 7) is 1.50. The number of nitrogens with two attached hydrogens (primary N) is 1.